The summed E-state index contributed by atoms with van der Waals surface area (Å²) >= 11 is 0. The van der Waals surface area contributed by atoms with Crippen molar-refractivity contribution in [2.45, 2.75) is 13.1 Å². The Labute approximate surface area is 175 Å². The van der Waals surface area contributed by atoms with Gasteiger partial charge in [0.1, 0.15) is 11.3 Å². The number of aromatic nitrogens is 1. The van der Waals surface area contributed by atoms with Gasteiger partial charge in [0.25, 0.3) is 15.9 Å². The first-order chi connectivity index (χ1) is 14.5. The van der Waals surface area contributed by atoms with E-state index in [2.05, 4.69) is 10.5 Å². The molecule has 0 fully saturated rings. The molecule has 0 saturated carbocycles. The van der Waals surface area contributed by atoms with Crippen LogP contribution in [0, 0.1) is 6.92 Å². The van der Waals surface area contributed by atoms with Crippen LogP contribution < -0.4 is 10.0 Å². The highest BCUT2D eigenvalue weighted by atomic mass is 32.2. The van der Waals surface area contributed by atoms with Crippen LogP contribution in [0.4, 0.5) is 24.5 Å². The van der Waals surface area contributed by atoms with Gasteiger partial charge in [0.2, 0.25) is 0 Å². The van der Waals surface area contributed by atoms with Crippen molar-refractivity contribution in [3.63, 3.8) is 0 Å². The zero-order valence-corrected chi connectivity index (χ0v) is 16.8. The van der Waals surface area contributed by atoms with E-state index in [1.54, 1.807) is 30.3 Å². The molecule has 1 heterocycles. The zero-order chi connectivity index (χ0) is 22.6. The van der Waals surface area contributed by atoms with Crippen LogP contribution in [-0.2, 0) is 16.2 Å². The van der Waals surface area contributed by atoms with Crippen LogP contribution in [0.15, 0.2) is 64.7 Å². The van der Waals surface area contributed by atoms with E-state index >= 15 is 0 Å². The molecule has 0 aliphatic carbocycles. The number of sulfonamides is 1. The number of alkyl halides is 3. The van der Waals surface area contributed by atoms with Crippen LogP contribution in [-0.4, -0.2) is 19.5 Å². The van der Waals surface area contributed by atoms with Gasteiger partial charge in [-0.2, -0.15) is 13.2 Å². The lowest BCUT2D eigenvalue weighted by Crippen LogP contribution is -2.17. The van der Waals surface area contributed by atoms with Crippen molar-refractivity contribution in [3.05, 3.63) is 82.6 Å². The summed E-state index contributed by atoms with van der Waals surface area (Å²) in [6, 6.07) is 11.1. The van der Waals surface area contributed by atoms with Crippen molar-refractivity contribution in [2.24, 2.45) is 0 Å². The largest absolute Gasteiger partial charge is 0.418 e. The van der Waals surface area contributed by atoms with Crippen molar-refractivity contribution in [3.8, 4) is 0 Å². The Kier molecular flexibility index (Phi) is 6.16. The standard InChI is InChI=1S/C20H16F3N3O4S/c1-13-16(12-24-30-13)19(27)25-15-7-8-18(17(11-15)20(21,22)23)26-31(28,29)10-9-14-5-3-2-4-6-14/h2-12,26H,1H3,(H,25,27)/b10-9+. The van der Waals surface area contributed by atoms with Crippen LogP contribution in [0.2, 0.25) is 0 Å². The Hall–Kier alpha value is -3.60. The second kappa shape index (κ2) is 8.64. The monoisotopic (exact) mass is 451 g/mol. The number of nitrogens with zero attached hydrogens (tertiary/aromatic N) is 1. The van der Waals surface area contributed by atoms with E-state index in [0.29, 0.717) is 11.6 Å². The van der Waals surface area contributed by atoms with E-state index in [9.17, 15) is 26.4 Å². The number of nitrogens with one attached hydrogen (secondary N) is 2. The molecule has 3 aromatic rings. The second-order valence-corrected chi connectivity index (χ2v) is 7.93. The molecule has 0 radical (unpaired) electrons. The maximum atomic E-state index is 13.5. The highest BCUT2D eigenvalue weighted by Crippen LogP contribution is 2.37. The quantitative estimate of drug-likeness (QED) is 0.567. The second-order valence-electron chi connectivity index (χ2n) is 6.37. The van der Waals surface area contributed by atoms with Gasteiger partial charge in [0.15, 0.2) is 0 Å². The van der Waals surface area contributed by atoms with Gasteiger partial charge < -0.3 is 9.84 Å². The molecule has 7 nitrogen and oxygen atoms in total. The van der Waals surface area contributed by atoms with Gasteiger partial charge in [0, 0.05) is 5.69 Å². The van der Waals surface area contributed by atoms with Crippen LogP contribution in [0.3, 0.4) is 0 Å². The average molecular weight is 451 g/mol. The molecule has 0 aliphatic rings. The molecule has 0 saturated heterocycles. The fraction of sp³-hybridized carbons (Fsp3) is 0.100. The first kappa shape index (κ1) is 22.1. The summed E-state index contributed by atoms with van der Waals surface area (Å²) in [4.78, 5) is 12.2. The molecule has 31 heavy (non-hydrogen) atoms. The predicted molar refractivity (Wildman–Crippen MR) is 109 cm³/mol. The van der Waals surface area contributed by atoms with Crippen LogP contribution in [0.5, 0.6) is 0 Å². The molecule has 162 valence electrons. The van der Waals surface area contributed by atoms with Gasteiger partial charge in [0.05, 0.1) is 22.9 Å². The molecule has 11 heteroatoms. The molecule has 0 aliphatic heterocycles. The predicted octanol–water partition coefficient (Wildman–Crippen LogP) is 4.67. The highest BCUT2D eigenvalue weighted by Gasteiger charge is 2.35. The molecule has 0 atom stereocenters. The Morgan fingerprint density at radius 3 is 2.45 bits per heavy atom. The lowest BCUT2D eigenvalue weighted by Gasteiger charge is -2.15. The molecule has 0 bridgehead atoms. The summed E-state index contributed by atoms with van der Waals surface area (Å²) in [6.07, 6.45) is -2.49. The van der Waals surface area contributed by atoms with E-state index in [1.165, 1.54) is 13.0 Å². The Balaban J connectivity index is 1.86. The number of benzene rings is 2. The van der Waals surface area contributed by atoms with Gasteiger partial charge in [-0.15, -0.1) is 0 Å². The molecule has 3 rings (SSSR count). The summed E-state index contributed by atoms with van der Waals surface area (Å²) < 4.78 is 71.8. The van der Waals surface area contributed by atoms with E-state index < -0.39 is 33.4 Å². The van der Waals surface area contributed by atoms with E-state index in [0.717, 1.165) is 23.7 Å². The number of carbonyl (C=O) groups excluding carboxylic acids is 1. The van der Waals surface area contributed by atoms with Crippen molar-refractivity contribution < 1.29 is 30.9 Å². The van der Waals surface area contributed by atoms with E-state index in [-0.39, 0.29) is 17.0 Å². The van der Waals surface area contributed by atoms with Crippen molar-refractivity contribution in [2.75, 3.05) is 10.0 Å². The number of amides is 1. The average Bonchev–Trinajstić information content (AvgIpc) is 3.13. The smallest absolute Gasteiger partial charge is 0.361 e. The maximum Gasteiger partial charge on any atom is 0.418 e. The summed E-state index contributed by atoms with van der Waals surface area (Å²) in [5.41, 5.74) is -1.50. The molecule has 0 spiro atoms. The van der Waals surface area contributed by atoms with Gasteiger partial charge in [-0.1, -0.05) is 35.5 Å². The van der Waals surface area contributed by atoms with Crippen LogP contribution in [0.25, 0.3) is 6.08 Å². The molecular formula is C20H16F3N3O4S. The fourth-order valence-electron chi connectivity index (χ4n) is 2.58. The van der Waals surface area contributed by atoms with E-state index in [4.69, 9.17) is 4.52 Å². The van der Waals surface area contributed by atoms with Gasteiger partial charge in [-0.3, -0.25) is 9.52 Å². The first-order valence-electron chi connectivity index (χ1n) is 8.75. The van der Waals surface area contributed by atoms with Crippen molar-refractivity contribution in [1.82, 2.24) is 5.16 Å². The Morgan fingerprint density at radius 1 is 1.13 bits per heavy atom. The number of aryl methyl sites for hydroxylation is 1. The zero-order valence-electron chi connectivity index (χ0n) is 16.0. The van der Waals surface area contributed by atoms with Crippen LogP contribution >= 0.6 is 0 Å². The number of halogens is 3. The number of carbonyl (C=O) groups is 1. The van der Waals surface area contributed by atoms with Crippen molar-refractivity contribution in [1.29, 1.82) is 0 Å². The SMILES string of the molecule is Cc1oncc1C(=O)Nc1ccc(NS(=O)(=O)/C=C/c2ccccc2)c(C(F)(F)F)c1. The maximum absolute atomic E-state index is 13.5. The minimum atomic E-state index is -4.88. The van der Waals surface area contributed by atoms with Gasteiger partial charge in [-0.05, 0) is 36.8 Å². The molecule has 1 aromatic heterocycles. The normalized spacial score (nSPS) is 12.1. The summed E-state index contributed by atoms with van der Waals surface area (Å²) in [5, 5.41) is 6.51. The molecular weight excluding hydrogens is 435 g/mol. The number of hydrogen-bond donors (Lipinski definition) is 2. The Morgan fingerprint density at radius 2 is 1.84 bits per heavy atom. The van der Waals surface area contributed by atoms with Gasteiger partial charge >= 0.3 is 6.18 Å². The van der Waals surface area contributed by atoms with Crippen molar-refractivity contribution >= 4 is 33.4 Å². The minimum Gasteiger partial charge on any atom is -0.361 e. The van der Waals surface area contributed by atoms with E-state index in [1.807, 2.05) is 4.72 Å². The lowest BCUT2D eigenvalue weighted by atomic mass is 10.1. The van der Waals surface area contributed by atoms with Crippen LogP contribution in [0.1, 0.15) is 27.2 Å². The third-order valence-electron chi connectivity index (χ3n) is 4.07. The molecule has 1 amide bonds. The highest BCUT2D eigenvalue weighted by molar-refractivity contribution is 7.95. The third-order valence-corrected chi connectivity index (χ3v) is 5.07. The fourth-order valence-corrected chi connectivity index (χ4v) is 3.47. The van der Waals surface area contributed by atoms with Gasteiger partial charge in [-0.25, -0.2) is 8.42 Å². The first-order valence-corrected chi connectivity index (χ1v) is 10.3. The summed E-state index contributed by atoms with van der Waals surface area (Å²) in [5.74, 6) is -0.519. The number of hydrogen-bond acceptors (Lipinski definition) is 5. The minimum absolute atomic E-state index is 0.0596. The summed E-state index contributed by atoms with van der Waals surface area (Å²) in [7, 11) is -4.23. The molecule has 2 aromatic carbocycles. The number of rotatable bonds is 6. The summed E-state index contributed by atoms with van der Waals surface area (Å²) in [6.45, 7) is 1.48. The third kappa shape index (κ3) is 5.72. The molecule has 0 unspecified atom stereocenters. The number of anilines is 2. The topological polar surface area (TPSA) is 101 Å². The Bertz CT molecular complexity index is 1220. The lowest BCUT2D eigenvalue weighted by molar-refractivity contribution is -0.136. The molecule has 2 N–H and O–H groups in total.